The second-order valence-electron chi connectivity index (χ2n) is 3.12. The second-order valence-corrected chi connectivity index (χ2v) is 4.09. The zero-order valence-corrected chi connectivity index (χ0v) is 9.27. The standard InChI is InChI=1S/C9H8N4O3S/c14-8(5-4-10-13-12-5)11-7(9(15)16)6-2-1-3-17-6/h1-4,7H,(H,11,14)(H,15,16)(H,10,12,13). The van der Waals surface area contributed by atoms with Gasteiger partial charge in [0.1, 0.15) is 0 Å². The normalized spacial score (nSPS) is 12.0. The van der Waals surface area contributed by atoms with Gasteiger partial charge < -0.3 is 10.4 Å². The minimum Gasteiger partial charge on any atom is -0.479 e. The van der Waals surface area contributed by atoms with E-state index in [9.17, 15) is 9.59 Å². The number of H-pyrrole nitrogens is 1. The molecule has 7 nitrogen and oxygen atoms in total. The van der Waals surface area contributed by atoms with E-state index in [1.54, 1.807) is 17.5 Å². The first-order chi connectivity index (χ1) is 8.18. The van der Waals surface area contributed by atoms with Gasteiger partial charge in [-0.15, -0.1) is 11.3 Å². The quantitative estimate of drug-likeness (QED) is 0.731. The Bertz CT molecular complexity index is 508. The van der Waals surface area contributed by atoms with Crippen molar-refractivity contribution in [3.05, 3.63) is 34.3 Å². The van der Waals surface area contributed by atoms with Crippen LogP contribution >= 0.6 is 11.3 Å². The van der Waals surface area contributed by atoms with Crippen molar-refractivity contribution in [3.63, 3.8) is 0 Å². The van der Waals surface area contributed by atoms with Gasteiger partial charge in [-0.05, 0) is 11.4 Å². The molecule has 0 spiro atoms. The lowest BCUT2D eigenvalue weighted by atomic mass is 10.2. The number of hydrogen-bond donors (Lipinski definition) is 3. The lowest BCUT2D eigenvalue weighted by molar-refractivity contribution is -0.139. The molecule has 1 amide bonds. The van der Waals surface area contributed by atoms with Crippen molar-refractivity contribution >= 4 is 23.2 Å². The largest absolute Gasteiger partial charge is 0.479 e. The fraction of sp³-hybridized carbons (Fsp3) is 0.111. The van der Waals surface area contributed by atoms with Crippen molar-refractivity contribution in [1.29, 1.82) is 0 Å². The van der Waals surface area contributed by atoms with E-state index in [0.717, 1.165) is 0 Å². The van der Waals surface area contributed by atoms with Crippen LogP contribution in [-0.2, 0) is 4.79 Å². The van der Waals surface area contributed by atoms with Gasteiger partial charge in [0.2, 0.25) is 0 Å². The molecule has 0 saturated heterocycles. The van der Waals surface area contributed by atoms with Crippen LogP contribution in [0.15, 0.2) is 23.7 Å². The third-order valence-electron chi connectivity index (χ3n) is 2.00. The van der Waals surface area contributed by atoms with E-state index >= 15 is 0 Å². The average molecular weight is 252 g/mol. The molecule has 0 aromatic carbocycles. The molecule has 0 saturated carbocycles. The van der Waals surface area contributed by atoms with Crippen LogP contribution in [-0.4, -0.2) is 32.4 Å². The molecule has 0 fully saturated rings. The number of aromatic nitrogens is 3. The number of carbonyl (C=O) groups excluding carboxylic acids is 1. The number of amides is 1. The molecule has 0 radical (unpaired) electrons. The summed E-state index contributed by atoms with van der Waals surface area (Å²) in [7, 11) is 0. The summed E-state index contributed by atoms with van der Waals surface area (Å²) in [5, 5.41) is 22.5. The molecule has 2 rings (SSSR count). The molecule has 1 unspecified atom stereocenters. The third-order valence-corrected chi connectivity index (χ3v) is 2.93. The van der Waals surface area contributed by atoms with Crippen molar-refractivity contribution < 1.29 is 14.7 Å². The number of nitrogens with one attached hydrogen (secondary N) is 2. The second kappa shape index (κ2) is 4.74. The van der Waals surface area contributed by atoms with E-state index in [2.05, 4.69) is 20.7 Å². The van der Waals surface area contributed by atoms with E-state index < -0.39 is 17.9 Å². The number of thiophene rings is 1. The fourth-order valence-electron chi connectivity index (χ4n) is 1.23. The molecule has 1 atom stereocenters. The molecule has 2 aromatic rings. The molecule has 88 valence electrons. The molecule has 2 heterocycles. The summed E-state index contributed by atoms with van der Waals surface area (Å²) in [4.78, 5) is 23.2. The topological polar surface area (TPSA) is 108 Å². The first kappa shape index (κ1) is 11.3. The van der Waals surface area contributed by atoms with Crippen LogP contribution < -0.4 is 5.32 Å². The van der Waals surface area contributed by atoms with E-state index in [1.165, 1.54) is 17.5 Å². The first-order valence-electron chi connectivity index (χ1n) is 4.61. The van der Waals surface area contributed by atoms with Gasteiger partial charge in [0.05, 0.1) is 6.20 Å². The summed E-state index contributed by atoms with van der Waals surface area (Å²) in [6.07, 6.45) is 1.22. The summed E-state index contributed by atoms with van der Waals surface area (Å²) in [5.74, 6) is -1.70. The molecule has 2 aromatic heterocycles. The van der Waals surface area contributed by atoms with Gasteiger partial charge in [-0.3, -0.25) is 4.79 Å². The van der Waals surface area contributed by atoms with Crippen LogP contribution in [0.1, 0.15) is 21.4 Å². The number of hydrogen-bond acceptors (Lipinski definition) is 5. The van der Waals surface area contributed by atoms with Gasteiger partial charge in [-0.2, -0.15) is 15.4 Å². The molecular formula is C9H8N4O3S. The Balaban J connectivity index is 2.14. The van der Waals surface area contributed by atoms with E-state index in [0.29, 0.717) is 4.88 Å². The predicted octanol–water partition coefficient (Wildman–Crippen LogP) is 0.422. The number of carboxylic acids is 1. The molecular weight excluding hydrogens is 244 g/mol. The number of aliphatic carboxylic acids is 1. The van der Waals surface area contributed by atoms with Gasteiger partial charge >= 0.3 is 5.97 Å². The highest BCUT2D eigenvalue weighted by Gasteiger charge is 2.24. The summed E-state index contributed by atoms with van der Waals surface area (Å²) in [6.45, 7) is 0. The fourth-order valence-corrected chi connectivity index (χ4v) is 1.99. The number of rotatable bonds is 4. The Morgan fingerprint density at radius 1 is 1.53 bits per heavy atom. The minimum absolute atomic E-state index is 0.0489. The Morgan fingerprint density at radius 3 is 2.88 bits per heavy atom. The highest BCUT2D eigenvalue weighted by Crippen LogP contribution is 2.19. The van der Waals surface area contributed by atoms with Gasteiger partial charge in [0, 0.05) is 4.88 Å². The van der Waals surface area contributed by atoms with E-state index in [4.69, 9.17) is 5.11 Å². The minimum atomic E-state index is -1.12. The highest BCUT2D eigenvalue weighted by molar-refractivity contribution is 7.10. The zero-order chi connectivity index (χ0) is 12.3. The Labute approximate surface area is 99.5 Å². The molecule has 0 bridgehead atoms. The summed E-state index contributed by atoms with van der Waals surface area (Å²) >= 11 is 1.26. The highest BCUT2D eigenvalue weighted by atomic mass is 32.1. The number of aromatic amines is 1. The monoisotopic (exact) mass is 252 g/mol. The number of carboxylic acid groups (broad SMARTS) is 1. The molecule has 17 heavy (non-hydrogen) atoms. The predicted molar refractivity (Wildman–Crippen MR) is 58.5 cm³/mol. The van der Waals surface area contributed by atoms with Crippen molar-refractivity contribution in [2.75, 3.05) is 0 Å². The van der Waals surface area contributed by atoms with Crippen LogP contribution in [0.25, 0.3) is 0 Å². The Kier molecular flexibility index (Phi) is 3.15. The summed E-state index contributed by atoms with van der Waals surface area (Å²) < 4.78 is 0. The Hall–Kier alpha value is -2.22. The van der Waals surface area contributed by atoms with Gasteiger partial charge in [0.15, 0.2) is 11.7 Å². The van der Waals surface area contributed by atoms with Crippen molar-refractivity contribution in [2.45, 2.75) is 6.04 Å². The molecule has 0 aliphatic heterocycles. The molecule has 3 N–H and O–H groups in total. The summed E-state index contributed by atoms with van der Waals surface area (Å²) in [5.41, 5.74) is 0.0489. The number of nitrogens with zero attached hydrogens (tertiary/aromatic N) is 2. The van der Waals surface area contributed by atoms with Crippen LogP contribution in [0.5, 0.6) is 0 Å². The van der Waals surface area contributed by atoms with Crippen LogP contribution in [0, 0.1) is 0 Å². The van der Waals surface area contributed by atoms with Gasteiger partial charge in [-0.1, -0.05) is 6.07 Å². The van der Waals surface area contributed by atoms with Crippen LogP contribution in [0.2, 0.25) is 0 Å². The zero-order valence-electron chi connectivity index (χ0n) is 8.45. The van der Waals surface area contributed by atoms with E-state index in [-0.39, 0.29) is 5.69 Å². The van der Waals surface area contributed by atoms with Crippen molar-refractivity contribution in [1.82, 2.24) is 20.7 Å². The maximum Gasteiger partial charge on any atom is 0.331 e. The first-order valence-corrected chi connectivity index (χ1v) is 5.49. The molecule has 0 aliphatic carbocycles. The molecule has 8 heteroatoms. The smallest absolute Gasteiger partial charge is 0.331 e. The van der Waals surface area contributed by atoms with E-state index in [1.807, 2.05) is 0 Å². The number of carbonyl (C=O) groups is 2. The lowest BCUT2D eigenvalue weighted by Crippen LogP contribution is -2.33. The average Bonchev–Trinajstić information content (AvgIpc) is 2.97. The Morgan fingerprint density at radius 2 is 2.35 bits per heavy atom. The lowest BCUT2D eigenvalue weighted by Gasteiger charge is -2.11. The van der Waals surface area contributed by atoms with Crippen LogP contribution in [0.3, 0.4) is 0 Å². The van der Waals surface area contributed by atoms with Crippen molar-refractivity contribution in [3.8, 4) is 0 Å². The van der Waals surface area contributed by atoms with Crippen LogP contribution in [0.4, 0.5) is 0 Å². The maximum atomic E-state index is 11.6. The molecule has 0 aliphatic rings. The van der Waals surface area contributed by atoms with Gasteiger partial charge in [0.25, 0.3) is 5.91 Å². The third kappa shape index (κ3) is 2.48. The maximum absolute atomic E-state index is 11.6. The summed E-state index contributed by atoms with van der Waals surface area (Å²) in [6, 6.07) is 2.30. The van der Waals surface area contributed by atoms with Gasteiger partial charge in [-0.25, -0.2) is 4.79 Å². The SMILES string of the molecule is O=C(NC(C(=O)O)c1cccs1)c1cn[nH]n1. The van der Waals surface area contributed by atoms with Crippen molar-refractivity contribution in [2.24, 2.45) is 0 Å².